The summed E-state index contributed by atoms with van der Waals surface area (Å²) in [5, 5.41) is 3.16. The molecule has 0 aliphatic carbocycles. The van der Waals surface area contributed by atoms with Crippen LogP contribution in [0.3, 0.4) is 0 Å². The Morgan fingerprint density at radius 2 is 2.05 bits per heavy atom. The van der Waals surface area contributed by atoms with Gasteiger partial charge >= 0.3 is 0 Å². The lowest BCUT2D eigenvalue weighted by molar-refractivity contribution is 0.298. The van der Waals surface area contributed by atoms with Crippen LogP contribution in [0.25, 0.3) is 0 Å². The van der Waals surface area contributed by atoms with Gasteiger partial charge in [0.2, 0.25) is 10.0 Å². The van der Waals surface area contributed by atoms with E-state index in [9.17, 15) is 12.8 Å². The van der Waals surface area contributed by atoms with E-state index in [0.717, 1.165) is 12.8 Å². The molecule has 1 aliphatic heterocycles. The van der Waals surface area contributed by atoms with Crippen LogP contribution in [0.15, 0.2) is 24.3 Å². The van der Waals surface area contributed by atoms with E-state index in [1.165, 1.54) is 22.5 Å². The lowest BCUT2D eigenvalue weighted by Crippen LogP contribution is -2.44. The number of nitrogens with zero attached hydrogens (tertiary/aromatic N) is 1. The minimum absolute atomic E-state index is 0.130. The Bertz CT molecular complexity index is 525. The predicted octanol–water partition coefficient (Wildman–Crippen LogP) is 1.34. The van der Waals surface area contributed by atoms with E-state index in [0.29, 0.717) is 24.7 Å². The SMILES string of the molecule is CNC1CCN(S(=O)(=O)Cc2cccc(F)c2)CC1. The van der Waals surface area contributed by atoms with Gasteiger partial charge in [0.05, 0.1) is 5.75 Å². The molecule has 0 spiro atoms. The maximum absolute atomic E-state index is 13.1. The average Bonchev–Trinajstić information content (AvgIpc) is 2.38. The van der Waals surface area contributed by atoms with E-state index in [-0.39, 0.29) is 5.75 Å². The van der Waals surface area contributed by atoms with Crippen LogP contribution < -0.4 is 5.32 Å². The molecular formula is C13H19FN2O2S. The first-order valence-electron chi connectivity index (χ1n) is 6.41. The van der Waals surface area contributed by atoms with Gasteiger partial charge in [0.25, 0.3) is 0 Å². The van der Waals surface area contributed by atoms with Crippen LogP contribution in [0, 0.1) is 5.82 Å². The molecule has 6 heteroatoms. The summed E-state index contributed by atoms with van der Waals surface area (Å²) in [5.74, 6) is -0.531. The summed E-state index contributed by atoms with van der Waals surface area (Å²) in [6, 6.07) is 6.15. The van der Waals surface area contributed by atoms with Gasteiger partial charge in [-0.3, -0.25) is 0 Å². The fourth-order valence-electron chi connectivity index (χ4n) is 2.35. The van der Waals surface area contributed by atoms with Crippen LogP contribution in [-0.4, -0.2) is 38.9 Å². The van der Waals surface area contributed by atoms with Gasteiger partial charge in [0.1, 0.15) is 5.82 Å². The second-order valence-electron chi connectivity index (χ2n) is 4.85. The second kappa shape index (κ2) is 5.98. The summed E-state index contributed by atoms with van der Waals surface area (Å²) >= 11 is 0. The molecule has 0 atom stereocenters. The van der Waals surface area contributed by atoms with E-state index < -0.39 is 15.8 Å². The Morgan fingerprint density at radius 3 is 2.63 bits per heavy atom. The third-order valence-electron chi connectivity index (χ3n) is 3.49. The fraction of sp³-hybridized carbons (Fsp3) is 0.538. The smallest absolute Gasteiger partial charge is 0.218 e. The topological polar surface area (TPSA) is 49.4 Å². The zero-order chi connectivity index (χ0) is 13.9. The zero-order valence-electron chi connectivity index (χ0n) is 11.0. The highest BCUT2D eigenvalue weighted by Crippen LogP contribution is 2.17. The third-order valence-corrected chi connectivity index (χ3v) is 5.34. The number of hydrogen-bond donors (Lipinski definition) is 1. The van der Waals surface area contributed by atoms with Crippen molar-refractivity contribution >= 4 is 10.0 Å². The normalized spacial score (nSPS) is 18.6. The summed E-state index contributed by atoms with van der Waals surface area (Å²) in [4.78, 5) is 0. The van der Waals surface area contributed by atoms with Crippen molar-refractivity contribution in [1.29, 1.82) is 0 Å². The van der Waals surface area contributed by atoms with Crippen LogP contribution in [-0.2, 0) is 15.8 Å². The minimum atomic E-state index is -3.35. The molecule has 0 aromatic heterocycles. The Balaban J connectivity index is 2.03. The molecule has 2 rings (SSSR count). The molecule has 0 amide bonds. The van der Waals surface area contributed by atoms with Crippen molar-refractivity contribution < 1.29 is 12.8 Å². The van der Waals surface area contributed by atoms with E-state index in [4.69, 9.17) is 0 Å². The lowest BCUT2D eigenvalue weighted by atomic mass is 10.1. The lowest BCUT2D eigenvalue weighted by Gasteiger charge is -2.31. The molecule has 1 fully saturated rings. The molecule has 1 saturated heterocycles. The van der Waals surface area contributed by atoms with Crippen LogP contribution >= 0.6 is 0 Å². The van der Waals surface area contributed by atoms with Gasteiger partial charge in [-0.05, 0) is 37.6 Å². The molecule has 0 radical (unpaired) electrons. The van der Waals surface area contributed by atoms with E-state index >= 15 is 0 Å². The van der Waals surface area contributed by atoms with Gasteiger partial charge in [-0.15, -0.1) is 0 Å². The Kier molecular flexibility index (Phi) is 4.54. The fourth-order valence-corrected chi connectivity index (χ4v) is 3.90. The summed E-state index contributed by atoms with van der Waals surface area (Å²) < 4.78 is 39.1. The van der Waals surface area contributed by atoms with E-state index in [2.05, 4.69) is 5.32 Å². The first-order chi connectivity index (χ1) is 9.01. The van der Waals surface area contributed by atoms with Crippen molar-refractivity contribution in [2.24, 2.45) is 0 Å². The Labute approximate surface area is 113 Å². The summed E-state index contributed by atoms with van der Waals surface area (Å²) in [5.41, 5.74) is 0.496. The van der Waals surface area contributed by atoms with Crippen LogP contribution in [0.5, 0.6) is 0 Å². The highest BCUT2D eigenvalue weighted by Gasteiger charge is 2.27. The molecular weight excluding hydrogens is 267 g/mol. The molecule has 1 aromatic rings. The molecule has 106 valence electrons. The summed E-state index contributed by atoms with van der Waals surface area (Å²) in [6.07, 6.45) is 1.64. The van der Waals surface area contributed by atoms with Crippen molar-refractivity contribution in [3.8, 4) is 0 Å². The minimum Gasteiger partial charge on any atom is -0.317 e. The highest BCUT2D eigenvalue weighted by molar-refractivity contribution is 7.88. The van der Waals surface area contributed by atoms with Gasteiger partial charge in [0.15, 0.2) is 0 Å². The van der Waals surface area contributed by atoms with Crippen LogP contribution in [0.1, 0.15) is 18.4 Å². The number of sulfonamides is 1. The van der Waals surface area contributed by atoms with Crippen molar-refractivity contribution in [2.75, 3.05) is 20.1 Å². The molecule has 4 nitrogen and oxygen atoms in total. The molecule has 1 aliphatic rings. The monoisotopic (exact) mass is 286 g/mol. The van der Waals surface area contributed by atoms with Crippen molar-refractivity contribution in [3.05, 3.63) is 35.6 Å². The standard InChI is InChI=1S/C13H19FN2O2S/c1-15-13-5-7-16(8-6-13)19(17,18)10-11-3-2-4-12(14)9-11/h2-4,9,13,15H,5-8,10H2,1H3. The van der Waals surface area contributed by atoms with Crippen LogP contribution in [0.4, 0.5) is 4.39 Å². The number of hydrogen-bond acceptors (Lipinski definition) is 3. The third kappa shape index (κ3) is 3.75. The molecule has 0 unspecified atom stereocenters. The quantitative estimate of drug-likeness (QED) is 0.908. The molecule has 19 heavy (non-hydrogen) atoms. The largest absolute Gasteiger partial charge is 0.317 e. The van der Waals surface area contributed by atoms with Gasteiger partial charge in [-0.1, -0.05) is 12.1 Å². The number of nitrogens with one attached hydrogen (secondary N) is 1. The maximum atomic E-state index is 13.1. The number of piperidine rings is 1. The zero-order valence-corrected chi connectivity index (χ0v) is 11.8. The Morgan fingerprint density at radius 1 is 1.37 bits per heavy atom. The number of rotatable bonds is 4. The number of benzene rings is 1. The molecule has 0 bridgehead atoms. The van der Waals surface area contributed by atoms with Crippen molar-refractivity contribution in [3.63, 3.8) is 0 Å². The summed E-state index contributed by atoms with van der Waals surface area (Å²) in [7, 11) is -1.46. The molecule has 1 heterocycles. The van der Waals surface area contributed by atoms with Gasteiger partial charge < -0.3 is 5.32 Å². The first kappa shape index (κ1) is 14.4. The van der Waals surface area contributed by atoms with E-state index in [1.807, 2.05) is 7.05 Å². The van der Waals surface area contributed by atoms with Gasteiger partial charge in [-0.25, -0.2) is 17.1 Å². The summed E-state index contributed by atoms with van der Waals surface area (Å²) in [6.45, 7) is 1.06. The molecule has 1 aromatic carbocycles. The van der Waals surface area contributed by atoms with Crippen LogP contribution in [0.2, 0.25) is 0 Å². The van der Waals surface area contributed by atoms with Gasteiger partial charge in [-0.2, -0.15) is 0 Å². The number of halogens is 1. The van der Waals surface area contributed by atoms with Crippen molar-refractivity contribution in [1.82, 2.24) is 9.62 Å². The highest BCUT2D eigenvalue weighted by atomic mass is 32.2. The molecule has 0 saturated carbocycles. The van der Waals surface area contributed by atoms with E-state index in [1.54, 1.807) is 6.07 Å². The Hall–Kier alpha value is -0.980. The first-order valence-corrected chi connectivity index (χ1v) is 8.02. The predicted molar refractivity (Wildman–Crippen MR) is 72.7 cm³/mol. The average molecular weight is 286 g/mol. The van der Waals surface area contributed by atoms with Crippen molar-refractivity contribution in [2.45, 2.75) is 24.6 Å². The molecule has 1 N–H and O–H groups in total. The van der Waals surface area contributed by atoms with Gasteiger partial charge in [0, 0.05) is 19.1 Å². The maximum Gasteiger partial charge on any atom is 0.218 e. The second-order valence-corrected chi connectivity index (χ2v) is 6.82.